The van der Waals surface area contributed by atoms with Crippen LogP contribution in [0.25, 0.3) is 0 Å². The number of carbonyl (C=O) groups is 1. The van der Waals surface area contributed by atoms with Gasteiger partial charge in [-0.1, -0.05) is 6.07 Å². The normalized spacial score (nSPS) is 15.7. The average Bonchev–Trinajstić information content (AvgIpc) is 2.48. The third-order valence-corrected chi connectivity index (χ3v) is 3.66. The zero-order valence-electron chi connectivity index (χ0n) is 13.1. The number of likely N-dealkylation sites (tertiary alicyclic amines) is 1. The van der Waals surface area contributed by atoms with Gasteiger partial charge in [0, 0.05) is 45.0 Å². The van der Waals surface area contributed by atoms with E-state index in [2.05, 4.69) is 11.4 Å². The van der Waals surface area contributed by atoms with Gasteiger partial charge in [0.25, 0.3) is 0 Å². The minimum absolute atomic E-state index is 0.104. The number of piperidine rings is 1. The highest BCUT2D eigenvalue weighted by atomic mass is 16.5. The standard InChI is InChI=1S/C16H25N3O2/c1-4-21-15-7-5-6-14(12-15)17-13-8-10-19(11-9-13)16(20)18(2)3/h5-7,12-13,17H,4,8-11H2,1-3H3. The predicted molar refractivity (Wildman–Crippen MR) is 84.9 cm³/mol. The highest BCUT2D eigenvalue weighted by Gasteiger charge is 2.23. The van der Waals surface area contributed by atoms with E-state index in [1.165, 1.54) is 0 Å². The van der Waals surface area contributed by atoms with Crippen molar-refractivity contribution in [3.8, 4) is 5.75 Å². The van der Waals surface area contributed by atoms with Crippen LogP contribution < -0.4 is 10.1 Å². The molecule has 1 saturated heterocycles. The number of hydrogen-bond acceptors (Lipinski definition) is 3. The van der Waals surface area contributed by atoms with Gasteiger partial charge in [-0.25, -0.2) is 4.79 Å². The SMILES string of the molecule is CCOc1cccc(NC2CCN(C(=O)N(C)C)CC2)c1. The summed E-state index contributed by atoms with van der Waals surface area (Å²) < 4.78 is 5.51. The second-order valence-corrected chi connectivity index (χ2v) is 5.54. The Morgan fingerprint density at radius 3 is 2.71 bits per heavy atom. The first-order chi connectivity index (χ1) is 10.1. The van der Waals surface area contributed by atoms with E-state index in [4.69, 9.17) is 4.74 Å². The lowest BCUT2D eigenvalue weighted by molar-refractivity contribution is 0.158. The predicted octanol–water partition coefficient (Wildman–Crippen LogP) is 2.64. The van der Waals surface area contributed by atoms with Crippen LogP contribution in [0.4, 0.5) is 10.5 Å². The van der Waals surface area contributed by atoms with Crippen molar-refractivity contribution in [3.05, 3.63) is 24.3 Å². The molecule has 0 radical (unpaired) electrons. The molecule has 5 nitrogen and oxygen atoms in total. The Morgan fingerprint density at radius 2 is 2.10 bits per heavy atom. The second-order valence-electron chi connectivity index (χ2n) is 5.54. The largest absolute Gasteiger partial charge is 0.494 e. The summed E-state index contributed by atoms with van der Waals surface area (Å²) in [6.45, 7) is 4.27. The Balaban J connectivity index is 1.86. The first kappa shape index (κ1) is 15.5. The maximum Gasteiger partial charge on any atom is 0.319 e. The molecular weight excluding hydrogens is 266 g/mol. The molecule has 1 aliphatic rings. The van der Waals surface area contributed by atoms with Gasteiger partial charge in [0.15, 0.2) is 0 Å². The molecule has 2 rings (SSSR count). The van der Waals surface area contributed by atoms with Gasteiger partial charge < -0.3 is 19.9 Å². The summed E-state index contributed by atoms with van der Waals surface area (Å²) in [7, 11) is 3.60. The molecule has 1 N–H and O–H groups in total. The maximum atomic E-state index is 11.9. The van der Waals surface area contributed by atoms with Gasteiger partial charge in [0.05, 0.1) is 6.61 Å². The van der Waals surface area contributed by atoms with E-state index in [-0.39, 0.29) is 6.03 Å². The molecule has 0 saturated carbocycles. The van der Waals surface area contributed by atoms with Crippen LogP contribution in [0.15, 0.2) is 24.3 Å². The minimum Gasteiger partial charge on any atom is -0.494 e. The van der Waals surface area contributed by atoms with Crippen LogP contribution >= 0.6 is 0 Å². The van der Waals surface area contributed by atoms with Gasteiger partial charge in [0.1, 0.15) is 5.75 Å². The first-order valence-corrected chi connectivity index (χ1v) is 7.55. The Labute approximate surface area is 126 Å². The van der Waals surface area contributed by atoms with Crippen molar-refractivity contribution in [2.24, 2.45) is 0 Å². The van der Waals surface area contributed by atoms with Crippen LogP contribution in [0.5, 0.6) is 5.75 Å². The molecule has 1 fully saturated rings. The van der Waals surface area contributed by atoms with Crippen LogP contribution in [0, 0.1) is 0 Å². The van der Waals surface area contributed by atoms with Crippen molar-refractivity contribution in [3.63, 3.8) is 0 Å². The number of nitrogens with one attached hydrogen (secondary N) is 1. The number of ether oxygens (including phenoxy) is 1. The van der Waals surface area contributed by atoms with Gasteiger partial charge in [-0.2, -0.15) is 0 Å². The molecule has 0 aromatic heterocycles. The highest BCUT2D eigenvalue weighted by molar-refractivity contribution is 5.73. The number of anilines is 1. The molecule has 1 heterocycles. The summed E-state index contributed by atoms with van der Waals surface area (Å²) in [5.41, 5.74) is 1.08. The molecule has 0 unspecified atom stereocenters. The maximum absolute atomic E-state index is 11.9. The number of hydrogen-bond donors (Lipinski definition) is 1. The Bertz CT molecular complexity index is 468. The van der Waals surface area contributed by atoms with Crippen molar-refractivity contribution in [1.82, 2.24) is 9.80 Å². The summed E-state index contributed by atoms with van der Waals surface area (Å²) in [5.74, 6) is 0.891. The number of amides is 2. The van der Waals surface area contributed by atoms with E-state index >= 15 is 0 Å². The van der Waals surface area contributed by atoms with Gasteiger partial charge in [-0.3, -0.25) is 0 Å². The van der Waals surface area contributed by atoms with E-state index in [0.717, 1.165) is 37.4 Å². The lowest BCUT2D eigenvalue weighted by Crippen LogP contribution is -2.46. The number of rotatable bonds is 4. The average molecular weight is 291 g/mol. The van der Waals surface area contributed by atoms with Crippen LogP contribution in [0.3, 0.4) is 0 Å². The fourth-order valence-corrected chi connectivity index (χ4v) is 2.58. The number of carbonyl (C=O) groups excluding carboxylic acids is 1. The summed E-state index contributed by atoms with van der Waals surface area (Å²) in [5, 5.41) is 3.54. The van der Waals surface area contributed by atoms with Crippen LogP contribution in [-0.4, -0.2) is 55.7 Å². The highest BCUT2D eigenvalue weighted by Crippen LogP contribution is 2.21. The van der Waals surface area contributed by atoms with Crippen molar-refractivity contribution < 1.29 is 9.53 Å². The summed E-state index contributed by atoms with van der Waals surface area (Å²) in [6.07, 6.45) is 1.94. The molecule has 2 amide bonds. The number of nitrogens with zero attached hydrogens (tertiary/aromatic N) is 2. The molecule has 21 heavy (non-hydrogen) atoms. The van der Waals surface area contributed by atoms with Crippen molar-refractivity contribution in [2.45, 2.75) is 25.8 Å². The molecule has 0 spiro atoms. The van der Waals surface area contributed by atoms with E-state index in [1.54, 1.807) is 19.0 Å². The number of urea groups is 1. The molecule has 1 aromatic carbocycles. The lowest BCUT2D eigenvalue weighted by Gasteiger charge is -2.34. The molecular formula is C16H25N3O2. The van der Waals surface area contributed by atoms with E-state index in [9.17, 15) is 4.79 Å². The Kier molecular flexibility index (Phi) is 5.31. The molecule has 0 aliphatic carbocycles. The van der Waals surface area contributed by atoms with E-state index < -0.39 is 0 Å². The zero-order valence-corrected chi connectivity index (χ0v) is 13.1. The molecule has 0 bridgehead atoms. The summed E-state index contributed by atoms with van der Waals surface area (Å²) in [4.78, 5) is 15.4. The fraction of sp³-hybridized carbons (Fsp3) is 0.562. The van der Waals surface area contributed by atoms with Crippen LogP contribution in [-0.2, 0) is 0 Å². The minimum atomic E-state index is 0.104. The molecule has 1 aromatic rings. The number of benzene rings is 1. The van der Waals surface area contributed by atoms with Gasteiger partial charge in [-0.05, 0) is 31.9 Å². The van der Waals surface area contributed by atoms with E-state index in [0.29, 0.717) is 12.6 Å². The Morgan fingerprint density at radius 1 is 1.38 bits per heavy atom. The third-order valence-electron chi connectivity index (χ3n) is 3.66. The lowest BCUT2D eigenvalue weighted by atomic mass is 10.0. The van der Waals surface area contributed by atoms with Crippen LogP contribution in [0.1, 0.15) is 19.8 Å². The zero-order chi connectivity index (χ0) is 15.2. The molecule has 116 valence electrons. The smallest absolute Gasteiger partial charge is 0.319 e. The fourth-order valence-electron chi connectivity index (χ4n) is 2.58. The summed E-state index contributed by atoms with van der Waals surface area (Å²) in [6, 6.07) is 8.56. The molecule has 0 atom stereocenters. The second kappa shape index (κ2) is 7.20. The Hall–Kier alpha value is -1.91. The summed E-state index contributed by atoms with van der Waals surface area (Å²) >= 11 is 0. The van der Waals surface area contributed by atoms with Crippen molar-refractivity contribution in [1.29, 1.82) is 0 Å². The topological polar surface area (TPSA) is 44.8 Å². The van der Waals surface area contributed by atoms with Crippen LogP contribution in [0.2, 0.25) is 0 Å². The van der Waals surface area contributed by atoms with Gasteiger partial charge in [0.2, 0.25) is 0 Å². The van der Waals surface area contributed by atoms with Gasteiger partial charge in [-0.15, -0.1) is 0 Å². The van der Waals surface area contributed by atoms with Gasteiger partial charge >= 0.3 is 6.03 Å². The molecule has 1 aliphatic heterocycles. The van der Waals surface area contributed by atoms with Crippen molar-refractivity contribution >= 4 is 11.7 Å². The van der Waals surface area contributed by atoms with Crippen molar-refractivity contribution in [2.75, 3.05) is 39.1 Å². The third kappa shape index (κ3) is 4.28. The monoisotopic (exact) mass is 291 g/mol. The molecule has 5 heteroatoms. The van der Waals surface area contributed by atoms with E-state index in [1.807, 2.05) is 30.0 Å². The quantitative estimate of drug-likeness (QED) is 0.927. The first-order valence-electron chi connectivity index (χ1n) is 7.55.